The first-order valence-corrected chi connectivity index (χ1v) is 3.79. The van der Waals surface area contributed by atoms with Crippen LogP contribution in [0.3, 0.4) is 0 Å². The number of rotatable bonds is 0. The van der Waals surface area contributed by atoms with E-state index in [4.69, 9.17) is 0 Å². The summed E-state index contributed by atoms with van der Waals surface area (Å²) in [5, 5.41) is 3.17. The van der Waals surface area contributed by atoms with Crippen molar-refractivity contribution in [2.24, 2.45) is 0 Å². The molecule has 0 aromatic heterocycles. The lowest BCUT2D eigenvalue weighted by atomic mass is 10.2. The summed E-state index contributed by atoms with van der Waals surface area (Å²) in [4.78, 5) is 13.0. The lowest BCUT2D eigenvalue weighted by Gasteiger charge is -2.31. The van der Waals surface area contributed by atoms with E-state index >= 15 is 0 Å². The summed E-state index contributed by atoms with van der Waals surface area (Å²) < 4.78 is 0. The van der Waals surface area contributed by atoms with E-state index < -0.39 is 0 Å². The lowest BCUT2D eigenvalue weighted by molar-refractivity contribution is -0.130. The average molecular weight is 150 g/mol. The molecule has 0 atom stereocenters. The molecule has 1 N–H and O–H groups in total. The Morgan fingerprint density at radius 2 is 2.45 bits per heavy atom. The molecule has 1 fully saturated rings. The third kappa shape index (κ3) is 1.02. The van der Waals surface area contributed by atoms with Gasteiger partial charge in [-0.15, -0.1) is 0 Å². The number of hydrogen-bond acceptors (Lipinski definition) is 2. The molecule has 2 rings (SSSR count). The standard InChI is InChI=1S/C8H10N2O/c11-8-4-5-9-7-3-1-2-6-10(7)8/h1-3,9H,4-6H2. The predicted molar refractivity (Wildman–Crippen MR) is 41.6 cm³/mol. The third-order valence-electron chi connectivity index (χ3n) is 1.91. The van der Waals surface area contributed by atoms with Crippen molar-refractivity contribution in [3.63, 3.8) is 0 Å². The van der Waals surface area contributed by atoms with Crippen molar-refractivity contribution in [1.82, 2.24) is 10.2 Å². The van der Waals surface area contributed by atoms with Gasteiger partial charge in [0.25, 0.3) is 0 Å². The molecule has 0 spiro atoms. The van der Waals surface area contributed by atoms with Gasteiger partial charge in [0.05, 0.1) is 0 Å². The van der Waals surface area contributed by atoms with Crippen LogP contribution in [0.25, 0.3) is 0 Å². The molecule has 3 nitrogen and oxygen atoms in total. The molecule has 2 heterocycles. The first-order valence-electron chi connectivity index (χ1n) is 3.79. The first-order chi connectivity index (χ1) is 5.38. The molecular weight excluding hydrogens is 140 g/mol. The minimum absolute atomic E-state index is 0.222. The number of nitrogens with one attached hydrogen (secondary N) is 1. The van der Waals surface area contributed by atoms with E-state index in [-0.39, 0.29) is 5.91 Å². The van der Waals surface area contributed by atoms with Crippen molar-refractivity contribution in [1.29, 1.82) is 0 Å². The third-order valence-corrected chi connectivity index (χ3v) is 1.91. The fourth-order valence-electron chi connectivity index (χ4n) is 1.34. The number of fused-ring (bicyclic) bond motifs is 1. The molecule has 0 saturated carbocycles. The Labute approximate surface area is 65.4 Å². The summed E-state index contributed by atoms with van der Waals surface area (Å²) in [6.07, 6.45) is 6.50. The van der Waals surface area contributed by atoms with Crippen molar-refractivity contribution < 1.29 is 4.79 Å². The van der Waals surface area contributed by atoms with Crippen LogP contribution in [0.2, 0.25) is 0 Å². The van der Waals surface area contributed by atoms with E-state index in [9.17, 15) is 4.79 Å². The molecule has 3 heteroatoms. The van der Waals surface area contributed by atoms with E-state index in [1.807, 2.05) is 18.2 Å². The number of nitrogens with zero attached hydrogens (tertiary/aromatic N) is 1. The van der Waals surface area contributed by atoms with Gasteiger partial charge in [0.2, 0.25) is 5.91 Å². The van der Waals surface area contributed by atoms with Gasteiger partial charge in [-0.05, 0) is 6.08 Å². The van der Waals surface area contributed by atoms with Crippen LogP contribution in [-0.4, -0.2) is 23.9 Å². The monoisotopic (exact) mass is 150 g/mol. The van der Waals surface area contributed by atoms with Crippen LogP contribution < -0.4 is 5.32 Å². The molecular formula is C8H10N2O. The Morgan fingerprint density at radius 3 is 3.27 bits per heavy atom. The van der Waals surface area contributed by atoms with Gasteiger partial charge in [0.1, 0.15) is 5.82 Å². The number of carbonyl (C=O) groups is 1. The molecule has 1 saturated heterocycles. The van der Waals surface area contributed by atoms with E-state index in [1.165, 1.54) is 0 Å². The molecule has 58 valence electrons. The van der Waals surface area contributed by atoms with Crippen LogP contribution in [0.1, 0.15) is 6.42 Å². The summed E-state index contributed by atoms with van der Waals surface area (Å²) in [7, 11) is 0. The fourth-order valence-corrected chi connectivity index (χ4v) is 1.34. The molecule has 2 aliphatic heterocycles. The summed E-state index contributed by atoms with van der Waals surface area (Å²) in [6, 6.07) is 0. The number of amides is 1. The average Bonchev–Trinajstić information content (AvgIpc) is 2.06. The topological polar surface area (TPSA) is 32.3 Å². The Kier molecular flexibility index (Phi) is 1.42. The number of carbonyl (C=O) groups excluding carboxylic acids is 1. The van der Waals surface area contributed by atoms with Gasteiger partial charge in [-0.2, -0.15) is 0 Å². The normalized spacial score (nSPS) is 22.4. The highest BCUT2D eigenvalue weighted by Gasteiger charge is 2.21. The molecule has 0 aromatic carbocycles. The molecule has 11 heavy (non-hydrogen) atoms. The largest absolute Gasteiger partial charge is 0.371 e. The highest BCUT2D eigenvalue weighted by atomic mass is 16.2. The molecule has 0 aromatic rings. The minimum Gasteiger partial charge on any atom is -0.371 e. The highest BCUT2D eigenvalue weighted by molar-refractivity contribution is 5.79. The van der Waals surface area contributed by atoms with Crippen LogP contribution in [-0.2, 0) is 4.79 Å². The van der Waals surface area contributed by atoms with Crippen LogP contribution in [0.5, 0.6) is 0 Å². The van der Waals surface area contributed by atoms with Crippen molar-refractivity contribution in [3.05, 3.63) is 24.0 Å². The fraction of sp³-hybridized carbons (Fsp3) is 0.375. The predicted octanol–water partition coefficient (Wildman–Crippen LogP) is 0.220. The van der Waals surface area contributed by atoms with Crippen molar-refractivity contribution >= 4 is 5.91 Å². The van der Waals surface area contributed by atoms with Gasteiger partial charge >= 0.3 is 0 Å². The van der Waals surface area contributed by atoms with E-state index in [1.54, 1.807) is 4.90 Å². The van der Waals surface area contributed by atoms with Gasteiger partial charge in [-0.3, -0.25) is 9.69 Å². The summed E-state index contributed by atoms with van der Waals surface area (Å²) in [5.41, 5.74) is 0. The quantitative estimate of drug-likeness (QED) is 0.535. The molecule has 1 amide bonds. The second-order valence-corrected chi connectivity index (χ2v) is 2.66. The van der Waals surface area contributed by atoms with Gasteiger partial charge in [-0.1, -0.05) is 12.2 Å². The highest BCUT2D eigenvalue weighted by Crippen LogP contribution is 2.12. The zero-order valence-electron chi connectivity index (χ0n) is 6.21. The van der Waals surface area contributed by atoms with Crippen LogP contribution in [0, 0.1) is 0 Å². The second kappa shape index (κ2) is 2.42. The maximum Gasteiger partial charge on any atom is 0.230 e. The Hall–Kier alpha value is -1.25. The molecule has 0 bridgehead atoms. The molecule has 2 aliphatic rings. The Bertz CT molecular complexity index is 242. The summed E-state index contributed by atoms with van der Waals surface area (Å²) in [5.74, 6) is 1.17. The van der Waals surface area contributed by atoms with Crippen LogP contribution in [0.15, 0.2) is 24.0 Å². The molecule has 0 aliphatic carbocycles. The van der Waals surface area contributed by atoms with Crippen molar-refractivity contribution in [2.45, 2.75) is 6.42 Å². The first kappa shape index (κ1) is 6.46. The van der Waals surface area contributed by atoms with Crippen molar-refractivity contribution in [2.75, 3.05) is 13.1 Å². The minimum atomic E-state index is 0.222. The zero-order chi connectivity index (χ0) is 7.68. The SMILES string of the molecule is O=C1CCNC2=CC=CCN12. The van der Waals surface area contributed by atoms with Gasteiger partial charge < -0.3 is 5.32 Å². The lowest BCUT2D eigenvalue weighted by Crippen LogP contribution is -2.44. The van der Waals surface area contributed by atoms with Gasteiger partial charge in [-0.25, -0.2) is 0 Å². The van der Waals surface area contributed by atoms with Crippen LogP contribution >= 0.6 is 0 Å². The molecule has 0 radical (unpaired) electrons. The van der Waals surface area contributed by atoms with E-state index in [0.29, 0.717) is 6.42 Å². The maximum absolute atomic E-state index is 11.2. The Morgan fingerprint density at radius 1 is 1.55 bits per heavy atom. The van der Waals surface area contributed by atoms with Crippen molar-refractivity contribution in [3.8, 4) is 0 Å². The smallest absolute Gasteiger partial charge is 0.230 e. The van der Waals surface area contributed by atoms with Gasteiger partial charge in [0.15, 0.2) is 0 Å². The van der Waals surface area contributed by atoms with E-state index in [2.05, 4.69) is 5.32 Å². The molecule has 0 unspecified atom stereocenters. The zero-order valence-corrected chi connectivity index (χ0v) is 6.21. The van der Waals surface area contributed by atoms with Crippen LogP contribution in [0.4, 0.5) is 0 Å². The summed E-state index contributed by atoms with van der Waals surface area (Å²) in [6.45, 7) is 1.49. The second-order valence-electron chi connectivity index (χ2n) is 2.66. The number of hydrogen-bond donors (Lipinski definition) is 1. The maximum atomic E-state index is 11.2. The summed E-state index contributed by atoms with van der Waals surface area (Å²) >= 11 is 0. The van der Waals surface area contributed by atoms with E-state index in [0.717, 1.165) is 18.9 Å². The number of allylic oxidation sites excluding steroid dienone is 2. The van der Waals surface area contributed by atoms with Gasteiger partial charge in [0, 0.05) is 19.5 Å². The Balaban J connectivity index is 2.24.